The van der Waals surface area contributed by atoms with Gasteiger partial charge in [0, 0.05) is 15.4 Å². The standard InChI is InChI=1S/C14H11FOS/c1-10-4-2-3-5-13(10)17-14-7-6-12(15)8-11(14)9-16/h2-9H,1H3. The Kier molecular flexibility index (Phi) is 3.59. The van der Waals surface area contributed by atoms with Crippen LogP contribution in [0.15, 0.2) is 52.3 Å². The van der Waals surface area contributed by atoms with Crippen molar-refractivity contribution in [2.75, 3.05) is 0 Å². The number of hydrogen-bond donors (Lipinski definition) is 0. The third-order valence-corrected chi connectivity index (χ3v) is 3.68. The fraction of sp³-hybridized carbons (Fsp3) is 0.0714. The number of aldehydes is 1. The Morgan fingerprint density at radius 1 is 1.12 bits per heavy atom. The fourth-order valence-corrected chi connectivity index (χ4v) is 2.47. The van der Waals surface area contributed by atoms with Crippen molar-refractivity contribution < 1.29 is 9.18 Å². The summed E-state index contributed by atoms with van der Waals surface area (Å²) in [6.07, 6.45) is 0.684. The molecule has 2 aromatic carbocycles. The molecule has 0 aliphatic heterocycles. The second-order valence-electron chi connectivity index (χ2n) is 3.67. The van der Waals surface area contributed by atoms with Crippen molar-refractivity contribution in [3.8, 4) is 0 Å². The van der Waals surface area contributed by atoms with Crippen molar-refractivity contribution in [2.45, 2.75) is 16.7 Å². The van der Waals surface area contributed by atoms with Crippen molar-refractivity contribution in [1.82, 2.24) is 0 Å². The van der Waals surface area contributed by atoms with Gasteiger partial charge in [0.2, 0.25) is 0 Å². The highest BCUT2D eigenvalue weighted by Gasteiger charge is 2.06. The Bertz CT molecular complexity index is 552. The molecule has 3 heteroatoms. The Hall–Kier alpha value is -1.61. The van der Waals surface area contributed by atoms with Crippen LogP contribution in [-0.4, -0.2) is 6.29 Å². The van der Waals surface area contributed by atoms with Gasteiger partial charge in [0.25, 0.3) is 0 Å². The smallest absolute Gasteiger partial charge is 0.151 e. The Labute approximate surface area is 104 Å². The topological polar surface area (TPSA) is 17.1 Å². The van der Waals surface area contributed by atoms with E-state index in [1.54, 1.807) is 6.07 Å². The van der Waals surface area contributed by atoms with Gasteiger partial charge in [-0.15, -0.1) is 0 Å². The van der Waals surface area contributed by atoms with Gasteiger partial charge in [0.05, 0.1) is 0 Å². The molecule has 86 valence electrons. The van der Waals surface area contributed by atoms with Crippen LogP contribution in [-0.2, 0) is 0 Å². The molecule has 0 saturated heterocycles. The Morgan fingerprint density at radius 3 is 2.59 bits per heavy atom. The summed E-state index contributed by atoms with van der Waals surface area (Å²) in [4.78, 5) is 12.7. The van der Waals surface area contributed by atoms with Gasteiger partial charge in [-0.1, -0.05) is 30.0 Å². The molecule has 0 bridgehead atoms. The highest BCUT2D eigenvalue weighted by molar-refractivity contribution is 7.99. The molecule has 2 aromatic rings. The van der Waals surface area contributed by atoms with Crippen LogP contribution in [0.1, 0.15) is 15.9 Å². The van der Waals surface area contributed by atoms with Gasteiger partial charge >= 0.3 is 0 Å². The summed E-state index contributed by atoms with van der Waals surface area (Å²) in [5, 5.41) is 0. The van der Waals surface area contributed by atoms with E-state index < -0.39 is 0 Å². The van der Waals surface area contributed by atoms with Crippen molar-refractivity contribution in [3.63, 3.8) is 0 Å². The minimum absolute atomic E-state index is 0.387. The number of aryl methyl sites for hydroxylation is 1. The summed E-state index contributed by atoms with van der Waals surface area (Å²) >= 11 is 1.48. The van der Waals surface area contributed by atoms with Gasteiger partial charge in [0.1, 0.15) is 5.82 Å². The lowest BCUT2D eigenvalue weighted by Crippen LogP contribution is -1.88. The largest absolute Gasteiger partial charge is 0.298 e. The molecular weight excluding hydrogens is 235 g/mol. The van der Waals surface area contributed by atoms with Crippen LogP contribution in [0.25, 0.3) is 0 Å². The van der Waals surface area contributed by atoms with Gasteiger partial charge in [-0.3, -0.25) is 4.79 Å². The van der Waals surface area contributed by atoms with E-state index in [0.717, 1.165) is 15.4 Å². The molecule has 2 rings (SSSR count). The van der Waals surface area contributed by atoms with E-state index in [1.807, 2.05) is 31.2 Å². The van der Waals surface area contributed by atoms with Crippen LogP contribution in [0.2, 0.25) is 0 Å². The van der Waals surface area contributed by atoms with Crippen molar-refractivity contribution in [2.24, 2.45) is 0 Å². The first-order valence-corrected chi connectivity index (χ1v) is 6.00. The van der Waals surface area contributed by atoms with Gasteiger partial charge in [-0.25, -0.2) is 4.39 Å². The maximum atomic E-state index is 13.0. The molecular formula is C14H11FOS. The van der Waals surface area contributed by atoms with E-state index >= 15 is 0 Å². The maximum Gasteiger partial charge on any atom is 0.151 e. The molecule has 0 saturated carbocycles. The molecule has 0 heterocycles. The van der Waals surface area contributed by atoms with Crippen LogP contribution in [0, 0.1) is 12.7 Å². The summed E-state index contributed by atoms with van der Waals surface area (Å²) < 4.78 is 13.0. The summed E-state index contributed by atoms with van der Waals surface area (Å²) in [6.45, 7) is 2.01. The average molecular weight is 246 g/mol. The molecule has 0 fully saturated rings. The third-order valence-electron chi connectivity index (χ3n) is 2.41. The normalized spacial score (nSPS) is 10.2. The lowest BCUT2D eigenvalue weighted by Gasteiger charge is -2.07. The quantitative estimate of drug-likeness (QED) is 0.758. The Morgan fingerprint density at radius 2 is 1.88 bits per heavy atom. The van der Waals surface area contributed by atoms with E-state index in [4.69, 9.17) is 0 Å². The number of benzene rings is 2. The highest BCUT2D eigenvalue weighted by Crippen LogP contribution is 2.32. The second-order valence-corrected chi connectivity index (χ2v) is 4.75. The van der Waals surface area contributed by atoms with Crippen molar-refractivity contribution in [1.29, 1.82) is 0 Å². The van der Waals surface area contributed by atoms with Gasteiger partial charge in [-0.2, -0.15) is 0 Å². The molecule has 0 aliphatic rings. The molecule has 17 heavy (non-hydrogen) atoms. The first-order chi connectivity index (χ1) is 8.20. The van der Waals surface area contributed by atoms with Gasteiger partial charge in [-0.05, 0) is 36.8 Å². The number of carbonyl (C=O) groups is 1. The summed E-state index contributed by atoms with van der Waals surface area (Å²) in [6, 6.07) is 12.2. The van der Waals surface area contributed by atoms with E-state index in [1.165, 1.54) is 23.9 Å². The molecule has 0 aromatic heterocycles. The SMILES string of the molecule is Cc1ccccc1Sc1ccc(F)cc1C=O. The van der Waals surface area contributed by atoms with E-state index in [2.05, 4.69) is 0 Å². The van der Waals surface area contributed by atoms with E-state index in [-0.39, 0.29) is 5.82 Å². The zero-order valence-electron chi connectivity index (χ0n) is 9.31. The van der Waals surface area contributed by atoms with Crippen molar-refractivity contribution >= 4 is 18.0 Å². The van der Waals surface area contributed by atoms with Crippen LogP contribution in [0.3, 0.4) is 0 Å². The molecule has 0 N–H and O–H groups in total. The molecule has 0 atom stereocenters. The molecule has 0 amide bonds. The molecule has 1 nitrogen and oxygen atoms in total. The van der Waals surface area contributed by atoms with Crippen molar-refractivity contribution in [3.05, 3.63) is 59.4 Å². The zero-order valence-corrected chi connectivity index (χ0v) is 10.1. The number of carbonyl (C=O) groups excluding carboxylic acids is 1. The monoisotopic (exact) mass is 246 g/mol. The Balaban J connectivity index is 2.36. The van der Waals surface area contributed by atoms with Crippen LogP contribution >= 0.6 is 11.8 Å². The molecule has 0 unspecified atom stereocenters. The van der Waals surface area contributed by atoms with Crippen LogP contribution in [0.4, 0.5) is 4.39 Å². The lowest BCUT2D eigenvalue weighted by atomic mass is 10.2. The zero-order chi connectivity index (χ0) is 12.3. The number of rotatable bonds is 3. The predicted octanol–water partition coefficient (Wildman–Crippen LogP) is 4.10. The van der Waals surface area contributed by atoms with E-state index in [9.17, 15) is 9.18 Å². The average Bonchev–Trinajstić information content (AvgIpc) is 2.34. The maximum absolute atomic E-state index is 13.0. The van der Waals surface area contributed by atoms with Crippen LogP contribution < -0.4 is 0 Å². The molecule has 0 spiro atoms. The summed E-state index contributed by atoms with van der Waals surface area (Å²) in [5.41, 5.74) is 1.52. The van der Waals surface area contributed by atoms with E-state index in [0.29, 0.717) is 11.8 Å². The van der Waals surface area contributed by atoms with Crippen LogP contribution in [0.5, 0.6) is 0 Å². The minimum atomic E-state index is -0.388. The summed E-state index contributed by atoms with van der Waals surface area (Å²) in [5.74, 6) is -0.388. The minimum Gasteiger partial charge on any atom is -0.298 e. The predicted molar refractivity (Wildman–Crippen MR) is 67.1 cm³/mol. The lowest BCUT2D eigenvalue weighted by molar-refractivity contribution is 0.112. The first kappa shape index (κ1) is 11.9. The van der Waals surface area contributed by atoms with Gasteiger partial charge < -0.3 is 0 Å². The second kappa shape index (κ2) is 5.15. The van der Waals surface area contributed by atoms with Gasteiger partial charge in [0.15, 0.2) is 6.29 Å². The fourth-order valence-electron chi connectivity index (χ4n) is 1.49. The highest BCUT2D eigenvalue weighted by atomic mass is 32.2. The number of halogens is 1. The first-order valence-electron chi connectivity index (χ1n) is 5.19. The molecule has 0 aliphatic carbocycles. The third kappa shape index (κ3) is 2.74. The number of hydrogen-bond acceptors (Lipinski definition) is 2. The summed E-state index contributed by atoms with van der Waals surface area (Å²) in [7, 11) is 0. The molecule has 0 radical (unpaired) electrons.